The summed E-state index contributed by atoms with van der Waals surface area (Å²) in [6.45, 7) is 3.96. The highest BCUT2D eigenvalue weighted by molar-refractivity contribution is 5.90. The Labute approximate surface area is 203 Å². The highest BCUT2D eigenvalue weighted by Crippen LogP contribution is 2.28. The number of nitrogens with zero attached hydrogens (tertiary/aromatic N) is 4. The normalized spacial score (nSPS) is 10.8. The molecule has 0 spiro atoms. The van der Waals surface area contributed by atoms with Gasteiger partial charge in [0, 0.05) is 17.6 Å². The molecule has 0 fully saturated rings. The van der Waals surface area contributed by atoms with E-state index in [0.717, 1.165) is 28.1 Å². The molecule has 4 aromatic rings. The zero-order valence-corrected chi connectivity index (χ0v) is 19.2. The lowest BCUT2D eigenvalue weighted by Crippen LogP contribution is -2.02. The lowest BCUT2D eigenvalue weighted by molar-refractivity contribution is 0.627. The Bertz CT molecular complexity index is 1450. The van der Waals surface area contributed by atoms with Crippen LogP contribution in [0.3, 0.4) is 0 Å². The first-order chi connectivity index (χ1) is 16.9. The molecule has 0 saturated heterocycles. The van der Waals surface area contributed by atoms with Crippen molar-refractivity contribution in [1.82, 2.24) is 9.97 Å². The van der Waals surface area contributed by atoms with Crippen LogP contribution in [0.4, 0.5) is 27.5 Å². The molecule has 6 nitrogen and oxygen atoms in total. The SMILES string of the molecule is Cc1cc(C=C(C#N)c2ccc(F)cc2)cc(C)c1Nc1ccnc(Nc2ccc(C#N)cc2)n1. The van der Waals surface area contributed by atoms with Gasteiger partial charge in [-0.25, -0.2) is 9.37 Å². The van der Waals surface area contributed by atoms with E-state index in [1.54, 1.807) is 54.7 Å². The van der Waals surface area contributed by atoms with Crippen LogP contribution < -0.4 is 10.6 Å². The summed E-state index contributed by atoms with van der Waals surface area (Å²) in [5.41, 5.74) is 6.21. The lowest BCUT2D eigenvalue weighted by atomic mass is 10.00. The molecule has 0 aliphatic carbocycles. The fourth-order valence-corrected chi connectivity index (χ4v) is 3.63. The Morgan fingerprint density at radius 1 is 0.914 bits per heavy atom. The van der Waals surface area contributed by atoms with E-state index in [4.69, 9.17) is 5.26 Å². The number of aryl methyl sites for hydroxylation is 2. The van der Waals surface area contributed by atoms with Crippen LogP contribution in [0.25, 0.3) is 11.6 Å². The molecule has 0 aliphatic heterocycles. The summed E-state index contributed by atoms with van der Waals surface area (Å²) in [7, 11) is 0. The number of hydrogen-bond acceptors (Lipinski definition) is 6. The fourth-order valence-electron chi connectivity index (χ4n) is 3.63. The molecule has 3 aromatic carbocycles. The van der Waals surface area contributed by atoms with Crippen molar-refractivity contribution in [3.63, 3.8) is 0 Å². The molecule has 1 aromatic heterocycles. The minimum Gasteiger partial charge on any atom is -0.340 e. The van der Waals surface area contributed by atoms with E-state index in [9.17, 15) is 9.65 Å². The largest absolute Gasteiger partial charge is 0.340 e. The first kappa shape index (κ1) is 23.2. The maximum absolute atomic E-state index is 13.2. The van der Waals surface area contributed by atoms with Crippen LogP contribution in [0.2, 0.25) is 0 Å². The molecular formula is C28H21FN6. The number of benzene rings is 3. The molecule has 0 aliphatic rings. The summed E-state index contributed by atoms with van der Waals surface area (Å²) in [6, 6.07) is 22.9. The molecule has 0 amide bonds. The van der Waals surface area contributed by atoms with Gasteiger partial charge in [-0.2, -0.15) is 15.5 Å². The van der Waals surface area contributed by atoms with Crippen LogP contribution in [-0.4, -0.2) is 9.97 Å². The van der Waals surface area contributed by atoms with Gasteiger partial charge in [-0.15, -0.1) is 0 Å². The van der Waals surface area contributed by atoms with Gasteiger partial charge in [0.25, 0.3) is 0 Å². The van der Waals surface area contributed by atoms with E-state index in [1.165, 1.54) is 12.1 Å². The lowest BCUT2D eigenvalue weighted by Gasteiger charge is -2.14. The summed E-state index contributed by atoms with van der Waals surface area (Å²) in [6.07, 6.45) is 3.45. The van der Waals surface area contributed by atoms with Crippen molar-refractivity contribution in [1.29, 1.82) is 10.5 Å². The zero-order chi connectivity index (χ0) is 24.8. The van der Waals surface area contributed by atoms with Crippen molar-refractivity contribution in [2.24, 2.45) is 0 Å². The molecule has 0 radical (unpaired) electrons. The molecule has 0 atom stereocenters. The number of nitriles is 2. The first-order valence-electron chi connectivity index (χ1n) is 10.8. The number of anilines is 4. The molecular weight excluding hydrogens is 439 g/mol. The zero-order valence-electron chi connectivity index (χ0n) is 19.2. The van der Waals surface area contributed by atoms with Gasteiger partial charge in [-0.05, 0) is 96.8 Å². The van der Waals surface area contributed by atoms with Crippen LogP contribution in [-0.2, 0) is 0 Å². The summed E-state index contributed by atoms with van der Waals surface area (Å²) in [5, 5.41) is 25.0. The molecule has 7 heteroatoms. The van der Waals surface area contributed by atoms with Gasteiger partial charge in [0.05, 0.1) is 23.3 Å². The summed E-state index contributed by atoms with van der Waals surface area (Å²) in [4.78, 5) is 8.80. The van der Waals surface area contributed by atoms with E-state index in [2.05, 4.69) is 32.7 Å². The molecule has 35 heavy (non-hydrogen) atoms. The van der Waals surface area contributed by atoms with Gasteiger partial charge in [0.15, 0.2) is 0 Å². The van der Waals surface area contributed by atoms with E-state index >= 15 is 0 Å². The average molecular weight is 461 g/mol. The summed E-state index contributed by atoms with van der Waals surface area (Å²) < 4.78 is 13.2. The third-order valence-electron chi connectivity index (χ3n) is 5.32. The van der Waals surface area contributed by atoms with Gasteiger partial charge in [0.1, 0.15) is 11.6 Å². The Balaban J connectivity index is 1.55. The number of rotatable bonds is 6. The second-order valence-electron chi connectivity index (χ2n) is 7.91. The van der Waals surface area contributed by atoms with Crippen molar-refractivity contribution >= 4 is 34.8 Å². The third kappa shape index (κ3) is 5.68. The minimum atomic E-state index is -0.340. The van der Waals surface area contributed by atoms with Crippen molar-refractivity contribution < 1.29 is 4.39 Å². The monoisotopic (exact) mass is 460 g/mol. The van der Waals surface area contributed by atoms with Crippen LogP contribution in [0, 0.1) is 42.3 Å². The first-order valence-corrected chi connectivity index (χ1v) is 10.8. The number of aromatic nitrogens is 2. The van der Waals surface area contributed by atoms with Crippen LogP contribution in [0.1, 0.15) is 27.8 Å². The molecule has 170 valence electrons. The fraction of sp³-hybridized carbons (Fsp3) is 0.0714. The maximum atomic E-state index is 13.2. The smallest absolute Gasteiger partial charge is 0.229 e. The van der Waals surface area contributed by atoms with Crippen LogP contribution in [0.15, 0.2) is 72.9 Å². The van der Waals surface area contributed by atoms with Gasteiger partial charge in [-0.3, -0.25) is 0 Å². The van der Waals surface area contributed by atoms with E-state index in [-0.39, 0.29) is 5.82 Å². The van der Waals surface area contributed by atoms with Crippen LogP contribution >= 0.6 is 0 Å². The molecule has 0 saturated carbocycles. The predicted molar refractivity (Wildman–Crippen MR) is 136 cm³/mol. The standard InChI is InChI=1S/C28H21FN6/c1-18-13-21(15-23(17-31)22-5-7-24(29)8-6-22)14-19(2)27(18)34-26-11-12-32-28(35-26)33-25-9-3-20(16-30)4-10-25/h3-15H,1-2H3,(H2,32,33,34,35). The van der Waals surface area contributed by atoms with Gasteiger partial charge in [0.2, 0.25) is 5.95 Å². The van der Waals surface area contributed by atoms with Crippen molar-refractivity contribution in [3.05, 3.63) is 107 Å². The second-order valence-corrected chi connectivity index (χ2v) is 7.91. The topological polar surface area (TPSA) is 97.4 Å². The Morgan fingerprint density at radius 2 is 1.60 bits per heavy atom. The van der Waals surface area contributed by atoms with E-state index in [1.807, 2.05) is 26.0 Å². The van der Waals surface area contributed by atoms with E-state index < -0.39 is 0 Å². The Morgan fingerprint density at radius 3 is 2.23 bits per heavy atom. The van der Waals surface area contributed by atoms with Crippen molar-refractivity contribution in [2.45, 2.75) is 13.8 Å². The molecule has 4 rings (SSSR count). The number of nitrogens with one attached hydrogen (secondary N) is 2. The number of halogens is 1. The van der Waals surface area contributed by atoms with Crippen LogP contribution in [0.5, 0.6) is 0 Å². The quantitative estimate of drug-likeness (QED) is 0.247. The molecule has 0 bridgehead atoms. The molecule has 0 unspecified atom stereocenters. The second kappa shape index (κ2) is 10.3. The van der Waals surface area contributed by atoms with Gasteiger partial charge >= 0.3 is 0 Å². The van der Waals surface area contributed by atoms with Crippen molar-refractivity contribution in [2.75, 3.05) is 10.6 Å². The Kier molecular flexibility index (Phi) is 6.81. The van der Waals surface area contributed by atoms with Gasteiger partial charge < -0.3 is 10.6 Å². The average Bonchev–Trinajstić information content (AvgIpc) is 2.86. The van der Waals surface area contributed by atoms with E-state index in [0.29, 0.717) is 28.5 Å². The highest BCUT2D eigenvalue weighted by atomic mass is 19.1. The van der Waals surface area contributed by atoms with Crippen molar-refractivity contribution in [3.8, 4) is 12.1 Å². The third-order valence-corrected chi connectivity index (χ3v) is 5.32. The number of hydrogen-bond donors (Lipinski definition) is 2. The maximum Gasteiger partial charge on any atom is 0.229 e. The summed E-state index contributed by atoms with van der Waals surface area (Å²) in [5.74, 6) is 0.704. The molecule has 1 heterocycles. The predicted octanol–water partition coefficient (Wildman–Crippen LogP) is 6.66. The Hall–Kier alpha value is -5.01. The van der Waals surface area contributed by atoms with Gasteiger partial charge in [-0.1, -0.05) is 12.1 Å². The number of allylic oxidation sites excluding steroid dienone is 1. The highest BCUT2D eigenvalue weighted by Gasteiger charge is 2.09. The minimum absolute atomic E-state index is 0.340. The molecule has 2 N–H and O–H groups in total. The summed E-state index contributed by atoms with van der Waals surface area (Å²) >= 11 is 0.